The lowest BCUT2D eigenvalue weighted by molar-refractivity contribution is -0.143. The molecule has 0 aliphatic heterocycles. The number of amides is 1. The summed E-state index contributed by atoms with van der Waals surface area (Å²) in [5.74, 6) is 3.44. The molecule has 4 saturated carbocycles. The van der Waals surface area contributed by atoms with E-state index in [-0.39, 0.29) is 11.8 Å². The summed E-state index contributed by atoms with van der Waals surface area (Å²) in [6, 6.07) is -0.762. The van der Waals surface area contributed by atoms with Crippen LogP contribution in [0.2, 0.25) is 0 Å². The lowest BCUT2D eigenvalue weighted by atomic mass is 9.45. The molecule has 188 valence electrons. The highest BCUT2D eigenvalue weighted by molar-refractivity contribution is 5.83. The van der Waals surface area contributed by atoms with E-state index in [0.29, 0.717) is 17.3 Å². The lowest BCUT2D eigenvalue weighted by Gasteiger charge is -2.60. The van der Waals surface area contributed by atoms with Crippen LogP contribution < -0.4 is 5.32 Å². The van der Waals surface area contributed by atoms with Gasteiger partial charge >= 0.3 is 5.97 Å². The number of aliphatic carboxylic acids is 1. The number of hydrogen-bond acceptors (Lipinski definition) is 2. The van der Waals surface area contributed by atoms with Gasteiger partial charge in [-0.05, 0) is 111 Å². The number of nitrogens with one attached hydrogen (secondary N) is 1. The van der Waals surface area contributed by atoms with Crippen LogP contribution in [0, 0.1) is 46.3 Å². The van der Waals surface area contributed by atoms with Gasteiger partial charge in [-0.3, -0.25) is 4.79 Å². The maximum Gasteiger partial charge on any atom is 0.326 e. The van der Waals surface area contributed by atoms with E-state index in [2.05, 4.69) is 19.2 Å². The van der Waals surface area contributed by atoms with Crippen molar-refractivity contribution in [2.45, 2.75) is 124 Å². The summed E-state index contributed by atoms with van der Waals surface area (Å²) in [5, 5.41) is 12.2. The van der Waals surface area contributed by atoms with Gasteiger partial charge in [0.25, 0.3) is 0 Å². The van der Waals surface area contributed by atoms with E-state index in [1.165, 1.54) is 64.2 Å². The first-order chi connectivity index (χ1) is 15.7. The fraction of sp³-hybridized carbons (Fsp3) is 0.931. The van der Waals surface area contributed by atoms with Gasteiger partial charge in [0, 0.05) is 6.42 Å². The van der Waals surface area contributed by atoms with Gasteiger partial charge in [0.1, 0.15) is 6.04 Å². The van der Waals surface area contributed by atoms with Crippen molar-refractivity contribution in [1.82, 2.24) is 5.32 Å². The van der Waals surface area contributed by atoms with Crippen molar-refractivity contribution < 1.29 is 14.7 Å². The zero-order valence-electron chi connectivity index (χ0n) is 21.7. The van der Waals surface area contributed by atoms with Crippen LogP contribution in [0.5, 0.6) is 0 Å². The summed E-state index contributed by atoms with van der Waals surface area (Å²) in [6.45, 7) is 9.12. The molecule has 4 aliphatic rings. The average Bonchev–Trinajstić information content (AvgIpc) is 3.12. The van der Waals surface area contributed by atoms with Crippen molar-refractivity contribution in [2.24, 2.45) is 46.3 Å². The quantitative estimate of drug-likeness (QED) is 0.418. The molecular formula is C29H49NO3. The maximum absolute atomic E-state index is 12.5. The van der Waals surface area contributed by atoms with E-state index in [0.717, 1.165) is 48.9 Å². The van der Waals surface area contributed by atoms with Crippen LogP contribution >= 0.6 is 0 Å². The predicted molar refractivity (Wildman–Crippen MR) is 133 cm³/mol. The first kappa shape index (κ1) is 25.0. The molecule has 9 atom stereocenters. The smallest absolute Gasteiger partial charge is 0.326 e. The summed E-state index contributed by atoms with van der Waals surface area (Å²) in [7, 11) is 0. The van der Waals surface area contributed by atoms with Crippen LogP contribution in [-0.4, -0.2) is 23.0 Å². The molecule has 4 fully saturated rings. The molecule has 4 nitrogen and oxygen atoms in total. The van der Waals surface area contributed by atoms with Crippen molar-refractivity contribution in [3.8, 4) is 0 Å². The highest BCUT2D eigenvalue weighted by Crippen LogP contribution is 2.67. The summed E-state index contributed by atoms with van der Waals surface area (Å²) >= 11 is 0. The second kappa shape index (κ2) is 9.90. The predicted octanol–water partition coefficient (Wildman–Crippen LogP) is 6.82. The minimum Gasteiger partial charge on any atom is -0.480 e. The molecule has 0 aromatic rings. The third-order valence-corrected chi connectivity index (χ3v) is 11.5. The van der Waals surface area contributed by atoms with Crippen molar-refractivity contribution in [1.29, 1.82) is 0 Å². The second-order valence-corrected chi connectivity index (χ2v) is 12.9. The number of carbonyl (C=O) groups is 2. The van der Waals surface area contributed by atoms with Crippen molar-refractivity contribution in [3.63, 3.8) is 0 Å². The van der Waals surface area contributed by atoms with E-state index < -0.39 is 12.0 Å². The molecule has 0 bridgehead atoms. The molecule has 0 saturated heterocycles. The van der Waals surface area contributed by atoms with Gasteiger partial charge in [-0.15, -0.1) is 0 Å². The fourth-order valence-corrected chi connectivity index (χ4v) is 9.32. The Kier molecular flexibility index (Phi) is 7.51. The van der Waals surface area contributed by atoms with Crippen LogP contribution in [0.4, 0.5) is 0 Å². The SMILES string of the molecule is CCC(C)C(NC(=O)CCCC1CCC2C3CCC4CCCCC4(C)C3CCC12C)C(=O)O. The number of hydrogen-bond donors (Lipinski definition) is 2. The van der Waals surface area contributed by atoms with E-state index in [1.807, 2.05) is 13.8 Å². The molecule has 0 heterocycles. The molecule has 4 heteroatoms. The molecule has 0 aromatic carbocycles. The van der Waals surface area contributed by atoms with Crippen molar-refractivity contribution in [3.05, 3.63) is 0 Å². The summed E-state index contributed by atoms with van der Waals surface area (Å²) < 4.78 is 0. The number of carboxylic acid groups (broad SMARTS) is 1. The number of rotatable bonds is 8. The Balaban J connectivity index is 1.32. The zero-order valence-corrected chi connectivity index (χ0v) is 21.7. The minimum absolute atomic E-state index is 0.0442. The number of carboxylic acids is 1. The van der Waals surface area contributed by atoms with E-state index >= 15 is 0 Å². The third-order valence-electron chi connectivity index (χ3n) is 11.5. The molecule has 1 amide bonds. The van der Waals surface area contributed by atoms with Crippen LogP contribution in [0.3, 0.4) is 0 Å². The number of fused-ring (bicyclic) bond motifs is 5. The Hall–Kier alpha value is -1.06. The molecule has 4 aliphatic carbocycles. The molecule has 0 aromatic heterocycles. The molecule has 0 spiro atoms. The first-order valence-corrected chi connectivity index (χ1v) is 14.2. The highest BCUT2D eigenvalue weighted by Gasteiger charge is 2.59. The Labute approximate surface area is 202 Å². The van der Waals surface area contributed by atoms with E-state index in [4.69, 9.17) is 0 Å². The second-order valence-electron chi connectivity index (χ2n) is 12.9. The topological polar surface area (TPSA) is 66.4 Å². The summed E-state index contributed by atoms with van der Waals surface area (Å²) in [5.41, 5.74) is 1.06. The van der Waals surface area contributed by atoms with Gasteiger partial charge in [-0.25, -0.2) is 4.79 Å². The van der Waals surface area contributed by atoms with Crippen LogP contribution in [0.1, 0.15) is 118 Å². The number of carbonyl (C=O) groups excluding carboxylic acids is 1. The van der Waals surface area contributed by atoms with Crippen molar-refractivity contribution >= 4 is 11.9 Å². The third kappa shape index (κ3) is 4.61. The molecule has 2 N–H and O–H groups in total. The molecule has 4 rings (SSSR count). The Morgan fingerprint density at radius 1 is 0.970 bits per heavy atom. The molecule has 33 heavy (non-hydrogen) atoms. The van der Waals surface area contributed by atoms with Crippen molar-refractivity contribution in [2.75, 3.05) is 0 Å². The monoisotopic (exact) mass is 459 g/mol. The summed E-state index contributed by atoms with van der Waals surface area (Å²) in [4.78, 5) is 24.0. The Morgan fingerprint density at radius 3 is 2.45 bits per heavy atom. The molecular weight excluding hydrogens is 410 g/mol. The average molecular weight is 460 g/mol. The lowest BCUT2D eigenvalue weighted by Crippen LogP contribution is -2.52. The van der Waals surface area contributed by atoms with Gasteiger partial charge in [0.05, 0.1) is 0 Å². The Bertz CT molecular complexity index is 722. The highest BCUT2D eigenvalue weighted by atomic mass is 16.4. The molecule has 0 radical (unpaired) electrons. The maximum atomic E-state index is 12.5. The largest absolute Gasteiger partial charge is 0.480 e. The van der Waals surface area contributed by atoms with Gasteiger partial charge in [-0.1, -0.05) is 47.0 Å². The van der Waals surface area contributed by atoms with Crippen LogP contribution in [0.25, 0.3) is 0 Å². The normalized spacial score (nSPS) is 41.9. The Morgan fingerprint density at radius 2 is 1.73 bits per heavy atom. The van der Waals surface area contributed by atoms with Crippen LogP contribution in [-0.2, 0) is 9.59 Å². The van der Waals surface area contributed by atoms with Crippen LogP contribution in [0.15, 0.2) is 0 Å². The van der Waals surface area contributed by atoms with Gasteiger partial charge in [-0.2, -0.15) is 0 Å². The first-order valence-electron chi connectivity index (χ1n) is 14.2. The molecule has 9 unspecified atom stereocenters. The van der Waals surface area contributed by atoms with Gasteiger partial charge in [0.15, 0.2) is 0 Å². The van der Waals surface area contributed by atoms with Gasteiger partial charge < -0.3 is 10.4 Å². The van der Waals surface area contributed by atoms with Gasteiger partial charge in [0.2, 0.25) is 5.91 Å². The fourth-order valence-electron chi connectivity index (χ4n) is 9.32. The standard InChI is InChI=1S/C29H49NO3/c1-5-19(2)26(27(32)33)30-25(31)11-8-10-21-13-15-23-22-14-12-20-9-6-7-17-28(20,3)24(22)16-18-29(21,23)4/h19-24,26H,5-18H2,1-4H3,(H,30,31)(H,32,33). The minimum atomic E-state index is -0.915. The zero-order chi connectivity index (χ0) is 23.8. The van der Waals surface area contributed by atoms with E-state index in [9.17, 15) is 14.7 Å². The van der Waals surface area contributed by atoms with E-state index in [1.54, 1.807) is 0 Å². The summed E-state index contributed by atoms with van der Waals surface area (Å²) in [6.07, 6.45) is 17.5.